The third-order valence-electron chi connectivity index (χ3n) is 2.61. The van der Waals surface area contributed by atoms with Crippen LogP contribution in [0.3, 0.4) is 0 Å². The van der Waals surface area contributed by atoms with Gasteiger partial charge in [0.15, 0.2) is 0 Å². The van der Waals surface area contributed by atoms with Crippen LogP contribution < -0.4 is 5.56 Å². The van der Waals surface area contributed by atoms with E-state index in [0.717, 1.165) is 22.9 Å². The van der Waals surface area contributed by atoms with Gasteiger partial charge in [0.05, 0.1) is 17.2 Å². The van der Waals surface area contributed by atoms with Crippen molar-refractivity contribution >= 4 is 45.6 Å². The van der Waals surface area contributed by atoms with E-state index in [4.69, 9.17) is 9.29 Å². The summed E-state index contributed by atoms with van der Waals surface area (Å²) in [4.78, 5) is 23.0. The monoisotopic (exact) mass is 336 g/mol. The van der Waals surface area contributed by atoms with Crippen molar-refractivity contribution in [2.24, 2.45) is 0 Å². The first-order valence-corrected chi connectivity index (χ1v) is 7.34. The average molecular weight is 336 g/mol. The van der Waals surface area contributed by atoms with Gasteiger partial charge in [-0.25, -0.2) is 9.48 Å². The number of hydrogen-bond acceptors (Lipinski definition) is 5. The SMILES string of the molecule is CCOC(=O)c1cc(=O)n(-c2ccc(S(=O)(=O)O)cc2)[nH]1.[NaH]. The van der Waals surface area contributed by atoms with Crippen LogP contribution in [0.5, 0.6) is 0 Å². The molecule has 0 bridgehead atoms. The Balaban J connectivity index is 0.00000242. The maximum absolute atomic E-state index is 11.8. The number of nitrogens with zero attached hydrogens (tertiary/aromatic N) is 1. The molecule has 10 heteroatoms. The number of carbonyl (C=O) groups excluding carboxylic acids is 1. The van der Waals surface area contributed by atoms with Gasteiger partial charge in [0.1, 0.15) is 5.69 Å². The van der Waals surface area contributed by atoms with Crippen LogP contribution in [0.15, 0.2) is 40.0 Å². The van der Waals surface area contributed by atoms with Crippen LogP contribution in [0.25, 0.3) is 5.69 Å². The number of aromatic amines is 1. The van der Waals surface area contributed by atoms with E-state index in [-0.39, 0.29) is 46.8 Å². The zero-order valence-corrected chi connectivity index (χ0v) is 11.8. The third-order valence-corrected chi connectivity index (χ3v) is 3.48. The molecular formula is C12H13N2NaO6S. The summed E-state index contributed by atoms with van der Waals surface area (Å²) in [6, 6.07) is 5.99. The Kier molecular flexibility index (Phi) is 6.15. The van der Waals surface area contributed by atoms with Crippen LogP contribution in [0.4, 0.5) is 0 Å². The van der Waals surface area contributed by atoms with Gasteiger partial charge in [0, 0.05) is 6.07 Å². The van der Waals surface area contributed by atoms with Crippen molar-refractivity contribution in [2.75, 3.05) is 6.61 Å². The molecule has 1 aromatic carbocycles. The van der Waals surface area contributed by atoms with E-state index in [9.17, 15) is 18.0 Å². The van der Waals surface area contributed by atoms with Gasteiger partial charge in [-0.15, -0.1) is 0 Å². The van der Waals surface area contributed by atoms with E-state index in [1.54, 1.807) is 6.92 Å². The molecule has 0 spiro atoms. The first-order valence-electron chi connectivity index (χ1n) is 5.90. The van der Waals surface area contributed by atoms with E-state index in [1.165, 1.54) is 12.1 Å². The summed E-state index contributed by atoms with van der Waals surface area (Å²) in [5.41, 5.74) is -0.207. The first-order chi connectivity index (χ1) is 9.82. The molecule has 2 aromatic rings. The quantitative estimate of drug-likeness (QED) is 0.459. The standard InChI is InChI=1S/C12H12N2O6S.Na.H/c1-2-20-12(16)10-7-11(15)14(13-10)8-3-5-9(6-4-8)21(17,18)19;;/h3-7,13H,2H2,1H3,(H,17,18,19);;. The fourth-order valence-electron chi connectivity index (χ4n) is 1.67. The molecule has 0 amide bonds. The Morgan fingerprint density at radius 2 is 1.91 bits per heavy atom. The fourth-order valence-corrected chi connectivity index (χ4v) is 2.15. The Hall–Kier alpha value is -1.39. The Labute approximate surface area is 148 Å². The van der Waals surface area contributed by atoms with Crippen LogP contribution in [0.1, 0.15) is 17.4 Å². The van der Waals surface area contributed by atoms with Gasteiger partial charge >= 0.3 is 35.5 Å². The van der Waals surface area contributed by atoms with E-state index in [1.807, 2.05) is 0 Å². The minimum absolute atomic E-state index is 0. The van der Waals surface area contributed by atoms with Gasteiger partial charge in [-0.05, 0) is 31.2 Å². The molecule has 0 radical (unpaired) electrons. The van der Waals surface area contributed by atoms with Gasteiger partial charge in [0.2, 0.25) is 0 Å². The molecule has 0 aliphatic carbocycles. The van der Waals surface area contributed by atoms with Crippen LogP contribution >= 0.6 is 0 Å². The second-order valence-corrected chi connectivity index (χ2v) is 5.45. The number of ether oxygens (including phenoxy) is 1. The van der Waals surface area contributed by atoms with Gasteiger partial charge in [0.25, 0.3) is 15.7 Å². The minimum atomic E-state index is -4.30. The summed E-state index contributed by atoms with van der Waals surface area (Å²) < 4.78 is 36.6. The van der Waals surface area contributed by atoms with Gasteiger partial charge < -0.3 is 4.74 Å². The topological polar surface area (TPSA) is 118 Å². The van der Waals surface area contributed by atoms with Crippen LogP contribution in [-0.4, -0.2) is 64.9 Å². The number of H-pyrrole nitrogens is 1. The molecule has 0 saturated heterocycles. The number of nitrogens with one attached hydrogen (secondary N) is 1. The number of rotatable bonds is 4. The van der Waals surface area contributed by atoms with Crippen LogP contribution in [-0.2, 0) is 14.9 Å². The summed E-state index contributed by atoms with van der Waals surface area (Å²) in [5.74, 6) is -0.664. The molecule has 2 rings (SSSR count). The number of aromatic nitrogens is 2. The van der Waals surface area contributed by atoms with Crippen molar-refractivity contribution in [3.63, 3.8) is 0 Å². The molecule has 2 N–H and O–H groups in total. The molecule has 22 heavy (non-hydrogen) atoms. The van der Waals surface area contributed by atoms with E-state index >= 15 is 0 Å². The molecule has 0 saturated carbocycles. The third kappa shape index (κ3) is 4.08. The summed E-state index contributed by atoms with van der Waals surface area (Å²) in [5, 5.41) is 2.56. The summed E-state index contributed by atoms with van der Waals surface area (Å²) in [6.45, 7) is 1.82. The predicted molar refractivity (Wildman–Crippen MR) is 79.3 cm³/mol. The Morgan fingerprint density at radius 3 is 2.41 bits per heavy atom. The summed E-state index contributed by atoms with van der Waals surface area (Å²) in [7, 11) is -4.30. The molecule has 8 nitrogen and oxygen atoms in total. The second kappa shape index (κ2) is 7.25. The molecule has 0 aliphatic rings. The van der Waals surface area contributed by atoms with Crippen molar-refractivity contribution in [3.8, 4) is 5.69 Å². The molecule has 1 heterocycles. The van der Waals surface area contributed by atoms with E-state index in [2.05, 4.69) is 5.10 Å². The van der Waals surface area contributed by atoms with Gasteiger partial charge in [-0.1, -0.05) is 0 Å². The number of esters is 1. The van der Waals surface area contributed by atoms with Crippen molar-refractivity contribution in [3.05, 3.63) is 46.4 Å². The predicted octanol–water partition coefficient (Wildman–Crippen LogP) is -0.0595. The molecular weight excluding hydrogens is 323 g/mol. The van der Waals surface area contributed by atoms with E-state index < -0.39 is 21.6 Å². The molecule has 0 aliphatic heterocycles. The molecule has 0 atom stereocenters. The van der Waals surface area contributed by atoms with Gasteiger partial charge in [-0.2, -0.15) is 8.42 Å². The molecule has 0 unspecified atom stereocenters. The van der Waals surface area contributed by atoms with Crippen LogP contribution in [0.2, 0.25) is 0 Å². The van der Waals surface area contributed by atoms with Crippen molar-refractivity contribution in [2.45, 2.75) is 11.8 Å². The number of hydrogen-bond donors (Lipinski definition) is 2. The average Bonchev–Trinajstić information content (AvgIpc) is 2.80. The number of benzene rings is 1. The molecule has 1 aromatic heterocycles. The zero-order valence-electron chi connectivity index (χ0n) is 10.9. The molecule has 0 fully saturated rings. The fraction of sp³-hybridized carbons (Fsp3) is 0.167. The number of carbonyl (C=O) groups is 1. The second-order valence-electron chi connectivity index (χ2n) is 4.03. The Morgan fingerprint density at radius 1 is 1.32 bits per heavy atom. The zero-order chi connectivity index (χ0) is 15.6. The normalized spacial score (nSPS) is 10.8. The Bertz CT molecular complexity index is 822. The maximum atomic E-state index is 11.8. The van der Waals surface area contributed by atoms with E-state index in [0.29, 0.717) is 5.69 Å². The van der Waals surface area contributed by atoms with Crippen molar-refractivity contribution in [1.82, 2.24) is 9.78 Å². The summed E-state index contributed by atoms with van der Waals surface area (Å²) in [6.07, 6.45) is 0. The van der Waals surface area contributed by atoms with Crippen LogP contribution in [0, 0.1) is 0 Å². The van der Waals surface area contributed by atoms with Crippen molar-refractivity contribution < 1.29 is 22.5 Å². The first kappa shape index (κ1) is 18.7. The molecule has 114 valence electrons. The van der Waals surface area contributed by atoms with Crippen molar-refractivity contribution in [1.29, 1.82) is 0 Å². The summed E-state index contributed by atoms with van der Waals surface area (Å²) >= 11 is 0. The van der Waals surface area contributed by atoms with Gasteiger partial charge in [-0.3, -0.25) is 14.4 Å².